The number of nitrogens with zero attached hydrogens (tertiary/aromatic N) is 3. The molecule has 1 fully saturated rings. The first-order valence-electron chi connectivity index (χ1n) is 13.0. The van der Waals surface area contributed by atoms with E-state index >= 15 is 0 Å². The molecule has 1 saturated heterocycles. The van der Waals surface area contributed by atoms with E-state index in [2.05, 4.69) is 24.7 Å². The SMILES string of the molecule is C[Si](C)(C)CCOCn1cc2cc(Cl)cc(C(C=O)OCC3(c4ccc(F)cc4)CCN(C(=O)O)CC3)c2n1. The van der Waals surface area contributed by atoms with E-state index in [1.54, 1.807) is 28.9 Å². The van der Waals surface area contributed by atoms with E-state index in [1.807, 2.05) is 6.20 Å². The van der Waals surface area contributed by atoms with Crippen molar-refractivity contribution in [1.29, 1.82) is 0 Å². The number of aromatic nitrogens is 2. The first-order valence-corrected chi connectivity index (χ1v) is 17.1. The van der Waals surface area contributed by atoms with Crippen LogP contribution in [0.25, 0.3) is 10.9 Å². The summed E-state index contributed by atoms with van der Waals surface area (Å²) in [5.41, 5.74) is 1.41. The largest absolute Gasteiger partial charge is 0.465 e. The van der Waals surface area contributed by atoms with Gasteiger partial charge in [-0.25, -0.2) is 13.9 Å². The minimum atomic E-state index is -1.21. The average Bonchev–Trinajstić information content (AvgIpc) is 3.29. The molecule has 0 bridgehead atoms. The van der Waals surface area contributed by atoms with Crippen molar-refractivity contribution < 1.29 is 28.6 Å². The zero-order chi connectivity index (χ0) is 28.2. The highest BCUT2D eigenvalue weighted by molar-refractivity contribution is 6.76. The van der Waals surface area contributed by atoms with Crippen LogP contribution in [0.4, 0.5) is 9.18 Å². The molecule has 2 heterocycles. The second kappa shape index (κ2) is 12.2. The number of ether oxygens (including phenoxy) is 2. The molecule has 1 unspecified atom stereocenters. The van der Waals surface area contributed by atoms with Crippen LogP contribution in [-0.4, -0.2) is 66.5 Å². The minimum Gasteiger partial charge on any atom is -0.465 e. The number of amides is 1. The van der Waals surface area contributed by atoms with Gasteiger partial charge >= 0.3 is 6.09 Å². The Bertz CT molecular complexity index is 1300. The highest BCUT2D eigenvalue weighted by Gasteiger charge is 2.39. The Kier molecular flexibility index (Phi) is 9.10. The van der Waals surface area contributed by atoms with Crippen molar-refractivity contribution in [2.45, 2.75) is 56.8 Å². The van der Waals surface area contributed by atoms with E-state index in [9.17, 15) is 19.1 Å². The highest BCUT2D eigenvalue weighted by atomic mass is 35.5. The molecule has 1 amide bonds. The van der Waals surface area contributed by atoms with Gasteiger partial charge in [0.25, 0.3) is 0 Å². The summed E-state index contributed by atoms with van der Waals surface area (Å²) in [6.07, 6.45) is 1.59. The van der Waals surface area contributed by atoms with Crippen LogP contribution in [0.15, 0.2) is 42.6 Å². The lowest BCUT2D eigenvalue weighted by molar-refractivity contribution is -0.120. The number of halogens is 2. The van der Waals surface area contributed by atoms with Crippen LogP contribution in [0.2, 0.25) is 30.7 Å². The molecule has 210 valence electrons. The van der Waals surface area contributed by atoms with Gasteiger partial charge in [-0.2, -0.15) is 5.10 Å². The summed E-state index contributed by atoms with van der Waals surface area (Å²) in [5.74, 6) is -0.357. The number of piperidine rings is 1. The molecule has 0 saturated carbocycles. The van der Waals surface area contributed by atoms with Crippen LogP contribution < -0.4 is 0 Å². The summed E-state index contributed by atoms with van der Waals surface area (Å²) in [6, 6.07) is 10.7. The highest BCUT2D eigenvalue weighted by Crippen LogP contribution is 2.38. The molecule has 1 atom stereocenters. The minimum absolute atomic E-state index is 0.143. The molecule has 11 heteroatoms. The van der Waals surface area contributed by atoms with Gasteiger partial charge in [-0.3, -0.25) is 0 Å². The molecule has 0 spiro atoms. The topological polar surface area (TPSA) is 93.9 Å². The summed E-state index contributed by atoms with van der Waals surface area (Å²) in [4.78, 5) is 25.2. The Labute approximate surface area is 233 Å². The molecular formula is C28H35ClFN3O5Si. The van der Waals surface area contributed by atoms with Gasteiger partial charge in [-0.1, -0.05) is 43.4 Å². The summed E-state index contributed by atoms with van der Waals surface area (Å²) in [6.45, 7) is 8.59. The van der Waals surface area contributed by atoms with Crippen LogP contribution in [0.3, 0.4) is 0 Å². The average molecular weight is 576 g/mol. The van der Waals surface area contributed by atoms with Gasteiger partial charge < -0.3 is 24.3 Å². The van der Waals surface area contributed by atoms with Crippen LogP contribution in [0.1, 0.15) is 30.1 Å². The van der Waals surface area contributed by atoms with Crippen LogP contribution in [-0.2, 0) is 26.4 Å². The number of aldehydes is 1. The third-order valence-electron chi connectivity index (χ3n) is 7.29. The smallest absolute Gasteiger partial charge is 0.407 e. The van der Waals surface area contributed by atoms with E-state index in [1.165, 1.54) is 17.0 Å². The fraction of sp³-hybridized carbons (Fsp3) is 0.464. The lowest BCUT2D eigenvalue weighted by Gasteiger charge is -2.41. The Morgan fingerprint density at radius 2 is 1.92 bits per heavy atom. The van der Waals surface area contributed by atoms with E-state index in [0.29, 0.717) is 48.6 Å². The number of carboxylic acid groups (broad SMARTS) is 1. The second-order valence-corrected chi connectivity index (χ2v) is 17.4. The van der Waals surface area contributed by atoms with Crippen molar-refractivity contribution in [2.24, 2.45) is 0 Å². The number of fused-ring (bicyclic) bond motifs is 1. The van der Waals surface area contributed by atoms with Crippen molar-refractivity contribution in [3.8, 4) is 0 Å². The molecule has 8 nitrogen and oxygen atoms in total. The molecule has 1 aliphatic rings. The van der Waals surface area contributed by atoms with Gasteiger partial charge in [-0.05, 0) is 48.7 Å². The van der Waals surface area contributed by atoms with Crippen LogP contribution >= 0.6 is 11.6 Å². The standard InChI is InChI=1S/C28H35ClFN3O5Si/c1-39(2,3)13-12-37-19-33-16-20-14-22(29)15-24(26(20)31-33)25(17-34)38-18-28(21-4-6-23(30)7-5-21)8-10-32(11-9-28)27(35)36/h4-7,14-17,25H,8-13,18-19H2,1-3H3,(H,35,36). The van der Waals surface area contributed by atoms with E-state index in [-0.39, 0.29) is 19.2 Å². The maximum Gasteiger partial charge on any atom is 0.407 e. The number of hydrogen-bond acceptors (Lipinski definition) is 5. The monoisotopic (exact) mass is 575 g/mol. The van der Waals surface area contributed by atoms with Gasteiger partial charge in [0.15, 0.2) is 6.29 Å². The third kappa shape index (κ3) is 7.24. The molecular weight excluding hydrogens is 541 g/mol. The van der Waals surface area contributed by atoms with Gasteiger partial charge in [0.2, 0.25) is 0 Å². The van der Waals surface area contributed by atoms with Crippen molar-refractivity contribution in [3.63, 3.8) is 0 Å². The summed E-state index contributed by atoms with van der Waals surface area (Å²) in [5, 5.41) is 15.3. The second-order valence-electron chi connectivity index (χ2n) is 11.4. The van der Waals surface area contributed by atoms with Crippen molar-refractivity contribution in [1.82, 2.24) is 14.7 Å². The molecule has 4 rings (SSSR count). The van der Waals surface area contributed by atoms with Gasteiger partial charge in [0.1, 0.15) is 18.7 Å². The number of carbonyl (C=O) groups is 2. The van der Waals surface area contributed by atoms with Crippen molar-refractivity contribution in [3.05, 3.63) is 64.6 Å². The third-order valence-corrected chi connectivity index (χ3v) is 9.21. The van der Waals surface area contributed by atoms with Crippen molar-refractivity contribution in [2.75, 3.05) is 26.3 Å². The predicted octanol–water partition coefficient (Wildman–Crippen LogP) is 6.11. The zero-order valence-corrected chi connectivity index (χ0v) is 24.3. The van der Waals surface area contributed by atoms with E-state index in [0.717, 1.165) is 23.3 Å². The Balaban J connectivity index is 1.55. The molecule has 0 aliphatic carbocycles. The number of benzene rings is 2. The lowest BCUT2D eigenvalue weighted by atomic mass is 9.73. The number of likely N-dealkylation sites (tertiary alicyclic amines) is 1. The summed E-state index contributed by atoms with van der Waals surface area (Å²) in [7, 11) is -1.21. The first-order chi connectivity index (χ1) is 18.5. The molecule has 2 aromatic carbocycles. The molecule has 3 aromatic rings. The fourth-order valence-corrected chi connectivity index (χ4v) is 5.88. The molecule has 0 radical (unpaired) electrons. The zero-order valence-electron chi connectivity index (χ0n) is 22.5. The Hall–Kier alpha value is -2.79. The molecule has 39 heavy (non-hydrogen) atoms. The first kappa shape index (κ1) is 29.2. The molecule has 1 aliphatic heterocycles. The van der Waals surface area contributed by atoms with Crippen LogP contribution in [0, 0.1) is 5.82 Å². The van der Waals surface area contributed by atoms with Gasteiger partial charge in [0, 0.05) is 55.4 Å². The normalized spacial score (nSPS) is 16.4. The maximum atomic E-state index is 13.7. The lowest BCUT2D eigenvalue weighted by Crippen LogP contribution is -2.47. The fourth-order valence-electron chi connectivity index (χ4n) is 4.89. The van der Waals surface area contributed by atoms with Crippen molar-refractivity contribution >= 4 is 43.0 Å². The number of rotatable bonds is 11. The van der Waals surface area contributed by atoms with E-state index in [4.69, 9.17) is 21.1 Å². The molecule has 1 aromatic heterocycles. The Morgan fingerprint density at radius 3 is 2.54 bits per heavy atom. The number of hydrogen-bond donors (Lipinski definition) is 1. The Morgan fingerprint density at radius 1 is 1.23 bits per heavy atom. The predicted molar refractivity (Wildman–Crippen MR) is 151 cm³/mol. The van der Waals surface area contributed by atoms with Gasteiger partial charge in [-0.15, -0.1) is 0 Å². The summed E-state index contributed by atoms with van der Waals surface area (Å²) >= 11 is 6.41. The van der Waals surface area contributed by atoms with Crippen LogP contribution in [0.5, 0.6) is 0 Å². The maximum absolute atomic E-state index is 13.7. The quantitative estimate of drug-likeness (QED) is 0.168. The summed E-state index contributed by atoms with van der Waals surface area (Å²) < 4.78 is 27.5. The van der Waals surface area contributed by atoms with E-state index < -0.39 is 25.7 Å². The number of carbonyl (C=O) groups excluding carboxylic acids is 1. The molecule has 1 N–H and O–H groups in total. The van der Waals surface area contributed by atoms with Gasteiger partial charge in [0.05, 0.1) is 12.1 Å².